The number of carboxylic acids is 1. The predicted octanol–water partition coefficient (Wildman–Crippen LogP) is -0.335. The van der Waals surface area contributed by atoms with E-state index in [4.69, 9.17) is 5.11 Å². The maximum atomic E-state index is 12.6. The topological polar surface area (TPSA) is 81.2 Å². The molecule has 0 bridgehead atoms. The van der Waals surface area contributed by atoms with E-state index in [9.17, 15) is 13.2 Å². The summed E-state index contributed by atoms with van der Waals surface area (Å²) in [5, 5.41) is 9.07. The molecule has 0 saturated carbocycles. The first-order valence-corrected chi connectivity index (χ1v) is 8.47. The number of carboxylic acid groups (broad SMARTS) is 1. The lowest BCUT2D eigenvalue weighted by molar-refractivity contribution is -0.142. The summed E-state index contributed by atoms with van der Waals surface area (Å²) in [6.45, 7) is 3.13. The summed E-state index contributed by atoms with van der Waals surface area (Å²) in [7, 11) is -1.54. The van der Waals surface area contributed by atoms with Gasteiger partial charge in [-0.1, -0.05) is 0 Å². The standard InChI is InChI=1S/C12H23N3O4S/c1-13-5-3-7-14(9-8-13)20(18,19)15-6-2-4-11(10-15)12(16)17/h11H,2-10H2,1H3,(H,16,17). The molecule has 1 atom stereocenters. The molecule has 0 aromatic heterocycles. The molecule has 8 heteroatoms. The molecule has 0 aromatic rings. The minimum absolute atomic E-state index is 0.101. The molecule has 1 N–H and O–H groups in total. The van der Waals surface area contributed by atoms with Crippen molar-refractivity contribution in [2.45, 2.75) is 19.3 Å². The van der Waals surface area contributed by atoms with Crippen molar-refractivity contribution in [2.24, 2.45) is 5.92 Å². The van der Waals surface area contributed by atoms with Gasteiger partial charge in [0.2, 0.25) is 0 Å². The van der Waals surface area contributed by atoms with Crippen LogP contribution in [0.15, 0.2) is 0 Å². The van der Waals surface area contributed by atoms with Gasteiger partial charge < -0.3 is 10.0 Å². The van der Waals surface area contributed by atoms with Crippen LogP contribution in [0.1, 0.15) is 19.3 Å². The lowest BCUT2D eigenvalue weighted by Gasteiger charge is -2.33. The second kappa shape index (κ2) is 6.38. The number of hydrogen-bond donors (Lipinski definition) is 1. The molecular weight excluding hydrogens is 282 g/mol. The van der Waals surface area contributed by atoms with Crippen LogP contribution in [0.4, 0.5) is 0 Å². The molecule has 0 aromatic carbocycles. The fourth-order valence-electron chi connectivity index (χ4n) is 2.77. The van der Waals surface area contributed by atoms with E-state index in [2.05, 4.69) is 4.90 Å². The summed E-state index contributed by atoms with van der Waals surface area (Å²) >= 11 is 0. The van der Waals surface area contributed by atoms with Crippen LogP contribution in [-0.4, -0.2) is 79.3 Å². The zero-order chi connectivity index (χ0) is 14.8. The number of likely N-dealkylation sites (N-methyl/N-ethyl adjacent to an activating group) is 1. The summed E-state index contributed by atoms with van der Waals surface area (Å²) in [4.78, 5) is 13.2. The third kappa shape index (κ3) is 3.49. The third-order valence-electron chi connectivity index (χ3n) is 4.06. The largest absolute Gasteiger partial charge is 0.481 e. The van der Waals surface area contributed by atoms with Crippen molar-refractivity contribution in [1.29, 1.82) is 0 Å². The normalized spacial score (nSPS) is 28.1. The van der Waals surface area contributed by atoms with Gasteiger partial charge in [-0.05, 0) is 32.9 Å². The Hall–Kier alpha value is -0.700. The van der Waals surface area contributed by atoms with E-state index in [-0.39, 0.29) is 6.54 Å². The fourth-order valence-corrected chi connectivity index (χ4v) is 4.50. The van der Waals surface area contributed by atoms with Crippen molar-refractivity contribution < 1.29 is 18.3 Å². The summed E-state index contributed by atoms with van der Waals surface area (Å²) in [5.74, 6) is -1.48. The van der Waals surface area contributed by atoms with Crippen molar-refractivity contribution in [3.8, 4) is 0 Å². The highest BCUT2D eigenvalue weighted by Gasteiger charge is 2.36. The summed E-state index contributed by atoms with van der Waals surface area (Å²) in [5.41, 5.74) is 0. The minimum atomic E-state index is -3.52. The molecule has 0 spiro atoms. The first kappa shape index (κ1) is 15.7. The van der Waals surface area contributed by atoms with E-state index < -0.39 is 22.1 Å². The Morgan fingerprint density at radius 2 is 1.75 bits per heavy atom. The second-order valence-corrected chi connectivity index (χ2v) is 7.53. The molecule has 2 aliphatic heterocycles. The predicted molar refractivity (Wildman–Crippen MR) is 74.5 cm³/mol. The number of aliphatic carboxylic acids is 1. The molecule has 2 fully saturated rings. The SMILES string of the molecule is CN1CCCN(S(=O)(=O)N2CCCC(C(=O)O)C2)CC1. The zero-order valence-electron chi connectivity index (χ0n) is 11.9. The highest BCUT2D eigenvalue weighted by Crippen LogP contribution is 2.22. The smallest absolute Gasteiger partial charge is 0.307 e. The maximum absolute atomic E-state index is 12.6. The van der Waals surface area contributed by atoms with Gasteiger partial charge in [0.1, 0.15) is 0 Å². The molecular formula is C12H23N3O4S. The minimum Gasteiger partial charge on any atom is -0.481 e. The first-order valence-electron chi connectivity index (χ1n) is 7.08. The Labute approximate surface area is 120 Å². The van der Waals surface area contributed by atoms with Gasteiger partial charge in [-0.2, -0.15) is 17.0 Å². The average molecular weight is 305 g/mol. The molecule has 20 heavy (non-hydrogen) atoms. The lowest BCUT2D eigenvalue weighted by Crippen LogP contribution is -2.49. The van der Waals surface area contributed by atoms with Crippen molar-refractivity contribution >= 4 is 16.2 Å². The summed E-state index contributed by atoms with van der Waals surface area (Å²) in [6, 6.07) is 0. The van der Waals surface area contributed by atoms with Crippen molar-refractivity contribution in [3.63, 3.8) is 0 Å². The van der Waals surface area contributed by atoms with Crippen LogP contribution in [0.3, 0.4) is 0 Å². The summed E-state index contributed by atoms with van der Waals surface area (Å²) < 4.78 is 28.1. The Morgan fingerprint density at radius 3 is 2.45 bits per heavy atom. The third-order valence-corrected chi connectivity index (χ3v) is 6.07. The molecule has 116 valence electrons. The number of carbonyl (C=O) groups is 1. The van der Waals surface area contributed by atoms with E-state index >= 15 is 0 Å². The Kier molecular flexibility index (Phi) is 5.00. The lowest BCUT2D eigenvalue weighted by atomic mass is 10.0. The second-order valence-electron chi connectivity index (χ2n) is 5.60. The van der Waals surface area contributed by atoms with Crippen LogP contribution in [0.2, 0.25) is 0 Å². The van der Waals surface area contributed by atoms with E-state index in [1.807, 2.05) is 7.05 Å². The van der Waals surface area contributed by atoms with Crippen molar-refractivity contribution in [2.75, 3.05) is 46.3 Å². The average Bonchev–Trinajstić information content (AvgIpc) is 2.64. The molecule has 2 heterocycles. The van der Waals surface area contributed by atoms with Gasteiger partial charge in [-0.15, -0.1) is 0 Å². The number of piperidine rings is 1. The Balaban J connectivity index is 2.07. The highest BCUT2D eigenvalue weighted by molar-refractivity contribution is 7.86. The van der Waals surface area contributed by atoms with Crippen LogP contribution in [0.25, 0.3) is 0 Å². The molecule has 0 radical (unpaired) electrons. The van der Waals surface area contributed by atoms with E-state index in [1.54, 1.807) is 0 Å². The fraction of sp³-hybridized carbons (Fsp3) is 0.917. The Morgan fingerprint density at radius 1 is 1.05 bits per heavy atom. The van der Waals surface area contributed by atoms with Gasteiger partial charge >= 0.3 is 5.97 Å². The number of nitrogens with zero attached hydrogens (tertiary/aromatic N) is 3. The van der Waals surface area contributed by atoms with Gasteiger partial charge in [0.15, 0.2) is 0 Å². The molecule has 1 unspecified atom stereocenters. The number of hydrogen-bond acceptors (Lipinski definition) is 4. The first-order chi connectivity index (χ1) is 9.41. The maximum Gasteiger partial charge on any atom is 0.307 e. The highest BCUT2D eigenvalue weighted by atomic mass is 32.2. The van der Waals surface area contributed by atoms with E-state index in [1.165, 1.54) is 8.61 Å². The van der Waals surface area contributed by atoms with Crippen molar-refractivity contribution in [1.82, 2.24) is 13.5 Å². The molecule has 0 amide bonds. The Bertz CT molecular complexity index is 454. The van der Waals surface area contributed by atoms with Crippen molar-refractivity contribution in [3.05, 3.63) is 0 Å². The molecule has 2 rings (SSSR count). The van der Waals surface area contributed by atoms with Gasteiger partial charge in [-0.25, -0.2) is 0 Å². The van der Waals surface area contributed by atoms with Crippen LogP contribution >= 0.6 is 0 Å². The molecule has 2 saturated heterocycles. The van der Waals surface area contributed by atoms with E-state index in [0.717, 1.165) is 19.5 Å². The van der Waals surface area contributed by atoms with Crippen LogP contribution in [0.5, 0.6) is 0 Å². The van der Waals surface area contributed by atoms with Crippen LogP contribution < -0.4 is 0 Å². The summed E-state index contributed by atoms with van der Waals surface area (Å²) in [6.07, 6.45) is 1.99. The quantitative estimate of drug-likeness (QED) is 0.772. The van der Waals surface area contributed by atoms with Gasteiger partial charge in [0.25, 0.3) is 10.2 Å². The van der Waals surface area contributed by atoms with Crippen LogP contribution in [-0.2, 0) is 15.0 Å². The van der Waals surface area contributed by atoms with E-state index in [0.29, 0.717) is 32.5 Å². The van der Waals surface area contributed by atoms with Gasteiger partial charge in [0.05, 0.1) is 5.92 Å². The molecule has 7 nitrogen and oxygen atoms in total. The molecule has 0 aliphatic carbocycles. The zero-order valence-corrected chi connectivity index (χ0v) is 12.7. The van der Waals surface area contributed by atoms with Crippen LogP contribution in [0, 0.1) is 5.92 Å². The number of rotatable bonds is 3. The monoisotopic (exact) mass is 305 g/mol. The van der Waals surface area contributed by atoms with Gasteiger partial charge in [0, 0.05) is 32.7 Å². The van der Waals surface area contributed by atoms with Gasteiger partial charge in [-0.3, -0.25) is 4.79 Å². The molecule has 2 aliphatic rings.